The van der Waals surface area contributed by atoms with Gasteiger partial charge >= 0.3 is 0 Å². The standard InChI is InChI=1S/C22H18BrN5OS/c1-15-4-10-19(11-5-15)28-21(16-3-2-12-24-13-16)26-27-22(28)30-14-20(29)25-18-8-6-17(23)7-9-18/h2-13H,14H2,1H3,(H,25,29). The Labute approximate surface area is 186 Å². The lowest BCUT2D eigenvalue weighted by Crippen LogP contribution is -2.14. The quantitative estimate of drug-likeness (QED) is 0.388. The van der Waals surface area contributed by atoms with Crippen LogP contribution in [-0.4, -0.2) is 31.4 Å². The van der Waals surface area contributed by atoms with Crippen molar-refractivity contribution in [2.75, 3.05) is 11.1 Å². The van der Waals surface area contributed by atoms with E-state index in [1.54, 1.807) is 12.4 Å². The average molecular weight is 480 g/mol. The van der Waals surface area contributed by atoms with Gasteiger partial charge in [-0.3, -0.25) is 14.3 Å². The van der Waals surface area contributed by atoms with Crippen LogP contribution in [0.2, 0.25) is 0 Å². The molecule has 4 aromatic rings. The highest BCUT2D eigenvalue weighted by molar-refractivity contribution is 9.10. The van der Waals surface area contributed by atoms with Crippen molar-refractivity contribution in [1.29, 1.82) is 0 Å². The molecule has 0 aliphatic rings. The summed E-state index contributed by atoms with van der Waals surface area (Å²) in [7, 11) is 0. The van der Waals surface area contributed by atoms with Crippen molar-refractivity contribution >= 4 is 39.3 Å². The molecule has 2 heterocycles. The number of carbonyl (C=O) groups excluding carboxylic acids is 1. The normalized spacial score (nSPS) is 10.7. The predicted molar refractivity (Wildman–Crippen MR) is 123 cm³/mol. The molecule has 8 heteroatoms. The van der Waals surface area contributed by atoms with Crippen LogP contribution in [0.4, 0.5) is 5.69 Å². The first-order valence-electron chi connectivity index (χ1n) is 9.21. The van der Waals surface area contributed by atoms with Gasteiger partial charge in [0.1, 0.15) is 0 Å². The largest absolute Gasteiger partial charge is 0.325 e. The average Bonchev–Trinajstić information content (AvgIpc) is 3.19. The van der Waals surface area contributed by atoms with Crippen molar-refractivity contribution in [2.45, 2.75) is 12.1 Å². The number of aryl methyl sites for hydroxylation is 1. The Morgan fingerprint density at radius 1 is 1.07 bits per heavy atom. The van der Waals surface area contributed by atoms with Gasteiger partial charge in [0.05, 0.1) is 5.75 Å². The molecule has 0 saturated heterocycles. The summed E-state index contributed by atoms with van der Waals surface area (Å²) in [6.45, 7) is 2.04. The van der Waals surface area contributed by atoms with Gasteiger partial charge in [-0.1, -0.05) is 45.4 Å². The molecule has 0 aliphatic heterocycles. The predicted octanol–water partition coefficient (Wildman–Crippen LogP) is 5.13. The number of pyridine rings is 1. The van der Waals surface area contributed by atoms with Crippen LogP contribution in [0.3, 0.4) is 0 Å². The van der Waals surface area contributed by atoms with Gasteiger partial charge in [-0.15, -0.1) is 10.2 Å². The van der Waals surface area contributed by atoms with Crippen molar-refractivity contribution in [3.63, 3.8) is 0 Å². The van der Waals surface area contributed by atoms with E-state index < -0.39 is 0 Å². The number of halogens is 1. The van der Waals surface area contributed by atoms with Gasteiger partial charge in [-0.05, 0) is 55.5 Å². The van der Waals surface area contributed by atoms with Crippen molar-refractivity contribution < 1.29 is 4.79 Å². The minimum atomic E-state index is -0.108. The van der Waals surface area contributed by atoms with Crippen LogP contribution in [-0.2, 0) is 4.79 Å². The van der Waals surface area contributed by atoms with E-state index in [0.29, 0.717) is 11.0 Å². The number of aromatic nitrogens is 4. The first kappa shape index (κ1) is 20.3. The van der Waals surface area contributed by atoms with Crippen LogP contribution in [0, 0.1) is 6.92 Å². The second kappa shape index (κ2) is 9.23. The molecule has 4 rings (SSSR count). The summed E-state index contributed by atoms with van der Waals surface area (Å²) in [6, 6.07) is 19.4. The fraction of sp³-hybridized carbons (Fsp3) is 0.0909. The molecule has 150 valence electrons. The van der Waals surface area contributed by atoms with Gasteiger partial charge in [0.2, 0.25) is 5.91 Å². The number of thioether (sulfide) groups is 1. The molecule has 1 N–H and O–H groups in total. The summed E-state index contributed by atoms with van der Waals surface area (Å²) in [4.78, 5) is 16.6. The second-order valence-corrected chi connectivity index (χ2v) is 8.42. The van der Waals surface area contributed by atoms with E-state index in [2.05, 4.69) is 36.4 Å². The topological polar surface area (TPSA) is 72.7 Å². The summed E-state index contributed by atoms with van der Waals surface area (Å²) >= 11 is 4.73. The smallest absolute Gasteiger partial charge is 0.234 e. The molecular weight excluding hydrogens is 462 g/mol. The van der Waals surface area contributed by atoms with Gasteiger partial charge < -0.3 is 5.32 Å². The Morgan fingerprint density at radius 3 is 2.53 bits per heavy atom. The van der Waals surface area contributed by atoms with E-state index >= 15 is 0 Å². The zero-order valence-corrected chi connectivity index (χ0v) is 18.5. The Morgan fingerprint density at radius 2 is 1.83 bits per heavy atom. The maximum Gasteiger partial charge on any atom is 0.234 e. The van der Waals surface area contributed by atoms with E-state index in [9.17, 15) is 4.79 Å². The van der Waals surface area contributed by atoms with Crippen LogP contribution in [0.15, 0.2) is 82.7 Å². The van der Waals surface area contributed by atoms with Gasteiger partial charge in [0, 0.05) is 33.8 Å². The Balaban J connectivity index is 1.58. The van der Waals surface area contributed by atoms with Crippen LogP contribution in [0.1, 0.15) is 5.56 Å². The van der Waals surface area contributed by atoms with Gasteiger partial charge in [-0.2, -0.15) is 0 Å². The molecule has 0 fully saturated rings. The second-order valence-electron chi connectivity index (χ2n) is 6.56. The third kappa shape index (κ3) is 4.77. The maximum atomic E-state index is 12.4. The molecule has 0 saturated carbocycles. The molecule has 0 radical (unpaired) electrons. The number of carbonyl (C=O) groups is 1. The lowest BCUT2D eigenvalue weighted by molar-refractivity contribution is -0.113. The molecule has 0 spiro atoms. The Kier molecular flexibility index (Phi) is 6.25. The summed E-state index contributed by atoms with van der Waals surface area (Å²) in [5, 5.41) is 12.3. The first-order valence-corrected chi connectivity index (χ1v) is 11.0. The number of amides is 1. The SMILES string of the molecule is Cc1ccc(-n2c(SCC(=O)Nc3ccc(Br)cc3)nnc2-c2cccnc2)cc1. The van der Waals surface area contributed by atoms with Gasteiger partial charge in [0.15, 0.2) is 11.0 Å². The van der Waals surface area contributed by atoms with E-state index in [0.717, 1.165) is 27.0 Å². The fourth-order valence-corrected chi connectivity index (χ4v) is 3.85. The summed E-state index contributed by atoms with van der Waals surface area (Å²) < 4.78 is 2.91. The van der Waals surface area contributed by atoms with Crippen LogP contribution in [0.5, 0.6) is 0 Å². The number of anilines is 1. The lowest BCUT2D eigenvalue weighted by Gasteiger charge is -2.11. The van der Waals surface area contributed by atoms with Crippen LogP contribution < -0.4 is 5.32 Å². The molecule has 6 nitrogen and oxygen atoms in total. The van der Waals surface area contributed by atoms with Crippen LogP contribution >= 0.6 is 27.7 Å². The third-order valence-corrected chi connectivity index (χ3v) is 5.76. The number of hydrogen-bond donors (Lipinski definition) is 1. The number of benzene rings is 2. The van der Waals surface area contributed by atoms with Crippen molar-refractivity contribution in [2.24, 2.45) is 0 Å². The first-order chi connectivity index (χ1) is 14.6. The highest BCUT2D eigenvalue weighted by Gasteiger charge is 2.17. The highest BCUT2D eigenvalue weighted by Crippen LogP contribution is 2.28. The molecule has 30 heavy (non-hydrogen) atoms. The van der Waals surface area contributed by atoms with Crippen molar-refractivity contribution in [1.82, 2.24) is 19.7 Å². The minimum absolute atomic E-state index is 0.108. The van der Waals surface area contributed by atoms with E-state index in [-0.39, 0.29) is 11.7 Å². The fourth-order valence-electron chi connectivity index (χ4n) is 2.83. The van der Waals surface area contributed by atoms with E-state index in [1.165, 1.54) is 11.8 Å². The molecule has 1 amide bonds. The number of rotatable bonds is 6. The lowest BCUT2D eigenvalue weighted by atomic mass is 10.2. The zero-order valence-electron chi connectivity index (χ0n) is 16.1. The Bertz CT molecular complexity index is 1140. The molecule has 2 aromatic heterocycles. The van der Waals surface area contributed by atoms with Gasteiger partial charge in [-0.25, -0.2) is 0 Å². The molecule has 0 atom stereocenters. The molecule has 2 aromatic carbocycles. The molecule has 0 aliphatic carbocycles. The van der Waals surface area contributed by atoms with Gasteiger partial charge in [0.25, 0.3) is 0 Å². The number of nitrogens with one attached hydrogen (secondary N) is 1. The summed E-state index contributed by atoms with van der Waals surface area (Å²) in [6.07, 6.45) is 3.47. The van der Waals surface area contributed by atoms with E-state index in [4.69, 9.17) is 0 Å². The third-order valence-electron chi connectivity index (χ3n) is 4.31. The maximum absolute atomic E-state index is 12.4. The summed E-state index contributed by atoms with van der Waals surface area (Å²) in [5.74, 6) is 0.791. The van der Waals surface area contributed by atoms with Crippen molar-refractivity contribution in [3.8, 4) is 17.1 Å². The molecular formula is C22H18BrN5OS. The minimum Gasteiger partial charge on any atom is -0.325 e. The van der Waals surface area contributed by atoms with Crippen molar-refractivity contribution in [3.05, 3.63) is 83.1 Å². The summed E-state index contributed by atoms with van der Waals surface area (Å²) in [5.41, 5.74) is 3.70. The van der Waals surface area contributed by atoms with E-state index in [1.807, 2.05) is 72.2 Å². The monoisotopic (exact) mass is 479 g/mol. The zero-order chi connectivity index (χ0) is 20.9. The molecule has 0 bridgehead atoms. The van der Waals surface area contributed by atoms with Crippen LogP contribution in [0.25, 0.3) is 17.1 Å². The molecule has 0 unspecified atom stereocenters. The highest BCUT2D eigenvalue weighted by atomic mass is 79.9. The Hall–Kier alpha value is -2.97. The number of hydrogen-bond acceptors (Lipinski definition) is 5. The number of nitrogens with zero attached hydrogens (tertiary/aromatic N) is 4.